The average molecular weight is 274 g/mol. The lowest BCUT2D eigenvalue weighted by molar-refractivity contribution is -0.120. The van der Waals surface area contributed by atoms with Crippen molar-refractivity contribution >= 4 is 29.4 Å². The van der Waals surface area contributed by atoms with Crippen molar-refractivity contribution in [2.45, 2.75) is 6.42 Å². The third-order valence-electron chi connectivity index (χ3n) is 3.03. The van der Waals surface area contributed by atoms with Crippen molar-refractivity contribution in [1.82, 2.24) is 14.7 Å². The Morgan fingerprint density at radius 2 is 2.20 bits per heavy atom. The maximum atomic E-state index is 11.7. The van der Waals surface area contributed by atoms with Gasteiger partial charge in [0.25, 0.3) is 0 Å². The molecule has 0 radical (unpaired) electrons. The fraction of sp³-hybridized carbons (Fsp3) is 0.167. The quantitative estimate of drug-likeness (QED) is 0.828. The summed E-state index contributed by atoms with van der Waals surface area (Å²) in [6.45, 7) is 0.219. The number of nitrogens with zero attached hydrogens (tertiary/aromatic N) is 3. The average Bonchev–Trinajstić information content (AvgIpc) is 2.81. The van der Waals surface area contributed by atoms with Gasteiger partial charge >= 0.3 is 12.0 Å². The number of carbonyl (C=O) groups is 3. The second-order valence-electron chi connectivity index (χ2n) is 4.31. The van der Waals surface area contributed by atoms with E-state index in [1.54, 1.807) is 18.5 Å². The van der Waals surface area contributed by atoms with E-state index < -0.39 is 12.0 Å². The Morgan fingerprint density at radius 1 is 1.40 bits per heavy atom. The summed E-state index contributed by atoms with van der Waals surface area (Å²) in [5.41, 5.74) is 0.298. The monoisotopic (exact) mass is 274 g/mol. The third-order valence-corrected chi connectivity index (χ3v) is 3.03. The molecule has 1 saturated heterocycles. The number of urea groups is 1. The van der Waals surface area contributed by atoms with Crippen molar-refractivity contribution in [2.75, 3.05) is 11.4 Å². The molecule has 0 atom stereocenters. The van der Waals surface area contributed by atoms with Crippen LogP contribution < -0.4 is 10.2 Å². The second-order valence-corrected chi connectivity index (χ2v) is 4.31. The number of rotatable bonds is 2. The molecule has 3 heterocycles. The van der Waals surface area contributed by atoms with Crippen LogP contribution in [0.2, 0.25) is 0 Å². The molecule has 8 heteroatoms. The van der Waals surface area contributed by atoms with Gasteiger partial charge in [-0.25, -0.2) is 14.6 Å². The van der Waals surface area contributed by atoms with Gasteiger partial charge in [-0.2, -0.15) is 0 Å². The number of hydrogen-bond donors (Lipinski definition) is 2. The van der Waals surface area contributed by atoms with Crippen molar-refractivity contribution in [3.8, 4) is 0 Å². The Kier molecular flexibility index (Phi) is 2.63. The third kappa shape index (κ3) is 1.87. The van der Waals surface area contributed by atoms with Crippen LogP contribution in [0, 0.1) is 0 Å². The topological polar surface area (TPSA) is 104 Å². The molecular weight excluding hydrogens is 264 g/mol. The van der Waals surface area contributed by atoms with Crippen LogP contribution in [-0.2, 0) is 4.79 Å². The number of hydrogen-bond acceptors (Lipinski definition) is 4. The summed E-state index contributed by atoms with van der Waals surface area (Å²) >= 11 is 0. The molecular formula is C12H10N4O4. The summed E-state index contributed by atoms with van der Waals surface area (Å²) in [6, 6.07) is 2.47. The Labute approximate surface area is 112 Å². The van der Waals surface area contributed by atoms with E-state index in [9.17, 15) is 14.4 Å². The minimum absolute atomic E-state index is 0.0484. The van der Waals surface area contributed by atoms with Crippen molar-refractivity contribution in [3.63, 3.8) is 0 Å². The van der Waals surface area contributed by atoms with E-state index in [0.29, 0.717) is 5.82 Å². The molecule has 1 aliphatic rings. The molecule has 102 valence electrons. The van der Waals surface area contributed by atoms with E-state index in [1.807, 2.05) is 0 Å². The predicted molar refractivity (Wildman–Crippen MR) is 67.7 cm³/mol. The predicted octanol–water partition coefficient (Wildman–Crippen LogP) is 0.479. The van der Waals surface area contributed by atoms with Gasteiger partial charge in [0, 0.05) is 19.2 Å². The van der Waals surface area contributed by atoms with Gasteiger partial charge in [0.1, 0.15) is 5.56 Å². The maximum Gasteiger partial charge on any atom is 0.339 e. The van der Waals surface area contributed by atoms with E-state index in [0.717, 1.165) is 0 Å². The molecule has 1 fully saturated rings. The Bertz CT molecular complexity index is 736. The molecule has 2 aromatic heterocycles. The lowest BCUT2D eigenvalue weighted by Crippen LogP contribution is -2.49. The molecule has 2 N–H and O–H groups in total. The van der Waals surface area contributed by atoms with Gasteiger partial charge in [-0.3, -0.25) is 15.0 Å². The number of pyridine rings is 1. The van der Waals surface area contributed by atoms with Crippen LogP contribution in [-0.4, -0.2) is 38.9 Å². The molecule has 1 aliphatic heterocycles. The number of imidazole rings is 1. The molecule has 3 rings (SSSR count). The number of carboxylic acids is 1. The van der Waals surface area contributed by atoms with Crippen LogP contribution in [0.15, 0.2) is 24.5 Å². The Hall–Kier alpha value is -2.90. The molecule has 0 spiro atoms. The minimum atomic E-state index is -1.09. The van der Waals surface area contributed by atoms with Gasteiger partial charge in [-0.1, -0.05) is 0 Å². The molecule has 0 saturated carbocycles. The van der Waals surface area contributed by atoms with Crippen LogP contribution in [0.3, 0.4) is 0 Å². The SMILES string of the molecule is O=C1CCN(c2cn3cccc(C(=O)O)c3n2)C(=O)N1. The highest BCUT2D eigenvalue weighted by atomic mass is 16.4. The number of anilines is 1. The van der Waals surface area contributed by atoms with Gasteiger partial charge in [0.05, 0.1) is 6.20 Å². The number of imide groups is 1. The number of aromatic nitrogens is 2. The summed E-state index contributed by atoms with van der Waals surface area (Å²) in [5, 5.41) is 11.3. The zero-order valence-electron chi connectivity index (χ0n) is 10.2. The summed E-state index contributed by atoms with van der Waals surface area (Å²) in [5.74, 6) is -1.11. The van der Waals surface area contributed by atoms with Gasteiger partial charge in [-0.05, 0) is 12.1 Å². The summed E-state index contributed by atoms with van der Waals surface area (Å²) in [6.07, 6.45) is 3.38. The fourth-order valence-corrected chi connectivity index (χ4v) is 2.08. The first kappa shape index (κ1) is 12.2. The molecule has 0 bridgehead atoms. The first-order valence-electron chi connectivity index (χ1n) is 5.88. The summed E-state index contributed by atoms with van der Waals surface area (Å²) in [7, 11) is 0. The zero-order chi connectivity index (χ0) is 14.3. The molecule has 0 unspecified atom stereocenters. The summed E-state index contributed by atoms with van der Waals surface area (Å²) < 4.78 is 1.53. The van der Waals surface area contributed by atoms with Gasteiger partial charge in [0.15, 0.2) is 11.5 Å². The largest absolute Gasteiger partial charge is 0.478 e. The smallest absolute Gasteiger partial charge is 0.339 e. The van der Waals surface area contributed by atoms with Gasteiger partial charge in [-0.15, -0.1) is 0 Å². The molecule has 2 aromatic rings. The first-order chi connectivity index (χ1) is 9.56. The van der Waals surface area contributed by atoms with Crippen LogP contribution in [0.5, 0.6) is 0 Å². The second kappa shape index (κ2) is 4.34. The standard InChI is InChI=1S/C12H10N4O4/c17-9-3-5-16(12(20)14-9)8-6-15-4-1-2-7(11(18)19)10(15)13-8/h1-2,4,6H,3,5H2,(H,18,19)(H,14,17,20). The Balaban J connectivity index is 2.05. The molecule has 8 nitrogen and oxygen atoms in total. The van der Waals surface area contributed by atoms with E-state index in [2.05, 4.69) is 10.3 Å². The van der Waals surface area contributed by atoms with E-state index in [-0.39, 0.29) is 30.1 Å². The highest BCUT2D eigenvalue weighted by molar-refractivity contribution is 6.05. The highest BCUT2D eigenvalue weighted by Gasteiger charge is 2.26. The highest BCUT2D eigenvalue weighted by Crippen LogP contribution is 2.19. The van der Waals surface area contributed by atoms with Gasteiger partial charge in [0.2, 0.25) is 5.91 Å². The van der Waals surface area contributed by atoms with Crippen LogP contribution >= 0.6 is 0 Å². The lowest BCUT2D eigenvalue weighted by atomic mass is 10.3. The van der Waals surface area contributed by atoms with E-state index in [4.69, 9.17) is 5.11 Å². The van der Waals surface area contributed by atoms with Crippen LogP contribution in [0.4, 0.5) is 10.6 Å². The number of carbonyl (C=O) groups excluding carboxylic acids is 2. The van der Waals surface area contributed by atoms with E-state index in [1.165, 1.54) is 15.4 Å². The molecule has 0 aliphatic carbocycles. The van der Waals surface area contributed by atoms with Gasteiger partial charge < -0.3 is 9.51 Å². The number of aromatic carboxylic acids is 1. The summed E-state index contributed by atoms with van der Waals surface area (Å²) in [4.78, 5) is 39.4. The lowest BCUT2D eigenvalue weighted by Gasteiger charge is -2.24. The Morgan fingerprint density at radius 3 is 2.90 bits per heavy atom. The van der Waals surface area contributed by atoms with Crippen molar-refractivity contribution in [2.24, 2.45) is 0 Å². The fourth-order valence-electron chi connectivity index (χ4n) is 2.08. The minimum Gasteiger partial charge on any atom is -0.478 e. The van der Waals surface area contributed by atoms with Crippen molar-refractivity contribution < 1.29 is 19.5 Å². The van der Waals surface area contributed by atoms with Crippen LogP contribution in [0.1, 0.15) is 16.8 Å². The molecule has 3 amide bonds. The number of nitrogens with one attached hydrogen (secondary N) is 1. The zero-order valence-corrected chi connectivity index (χ0v) is 10.2. The number of fused-ring (bicyclic) bond motifs is 1. The van der Waals surface area contributed by atoms with Crippen molar-refractivity contribution in [1.29, 1.82) is 0 Å². The normalized spacial score (nSPS) is 15.5. The number of carboxylic acid groups (broad SMARTS) is 1. The first-order valence-corrected chi connectivity index (χ1v) is 5.88. The van der Waals surface area contributed by atoms with Crippen molar-refractivity contribution in [3.05, 3.63) is 30.1 Å². The van der Waals surface area contributed by atoms with Crippen LogP contribution in [0.25, 0.3) is 5.65 Å². The van der Waals surface area contributed by atoms with E-state index >= 15 is 0 Å². The maximum absolute atomic E-state index is 11.7. The molecule has 0 aromatic carbocycles. The molecule has 20 heavy (non-hydrogen) atoms. The number of amides is 3.